The van der Waals surface area contributed by atoms with Crippen LogP contribution in [0.2, 0.25) is 0 Å². The second kappa shape index (κ2) is 7.06. The lowest BCUT2D eigenvalue weighted by atomic mass is 10.0. The van der Waals surface area contributed by atoms with Crippen molar-refractivity contribution in [3.63, 3.8) is 0 Å². The Morgan fingerprint density at radius 1 is 1.05 bits per heavy atom. The number of rotatable bonds is 4. The van der Waals surface area contributed by atoms with E-state index < -0.39 is 0 Å². The van der Waals surface area contributed by atoms with E-state index in [2.05, 4.69) is 61.3 Å². The molecule has 1 fully saturated rings. The summed E-state index contributed by atoms with van der Waals surface area (Å²) >= 11 is 0. The van der Waals surface area contributed by atoms with E-state index in [1.54, 1.807) is 0 Å². The zero-order chi connectivity index (χ0) is 13.7. The van der Waals surface area contributed by atoms with Gasteiger partial charge in [-0.15, -0.1) is 0 Å². The first kappa shape index (κ1) is 14.5. The quantitative estimate of drug-likeness (QED) is 0.890. The molecule has 0 saturated carbocycles. The molecule has 106 valence electrons. The third-order valence-corrected chi connectivity index (χ3v) is 4.28. The van der Waals surface area contributed by atoms with E-state index >= 15 is 0 Å². The molecule has 2 atom stereocenters. The van der Waals surface area contributed by atoms with E-state index in [9.17, 15) is 0 Å². The molecule has 1 aromatic carbocycles. The standard InChI is InChI=1S/C17H28N2/c1-14(2)19-12-7-10-17(11-13-19)18-15(3)16-8-5-4-6-9-16/h4-6,8-9,14-15,17-18H,7,10-13H2,1-3H3. The maximum Gasteiger partial charge on any atom is 0.0294 e. The molecule has 0 aromatic heterocycles. The van der Waals surface area contributed by atoms with Crippen LogP contribution in [0.1, 0.15) is 51.6 Å². The largest absolute Gasteiger partial charge is 0.307 e. The van der Waals surface area contributed by atoms with Crippen molar-refractivity contribution in [2.24, 2.45) is 0 Å². The Kier molecular flexibility index (Phi) is 5.41. The molecule has 2 heteroatoms. The predicted molar refractivity (Wildman–Crippen MR) is 82.3 cm³/mol. The topological polar surface area (TPSA) is 15.3 Å². The lowest BCUT2D eigenvalue weighted by Crippen LogP contribution is -2.34. The molecule has 0 bridgehead atoms. The summed E-state index contributed by atoms with van der Waals surface area (Å²) in [6.07, 6.45) is 3.90. The lowest BCUT2D eigenvalue weighted by Gasteiger charge is -2.25. The molecule has 19 heavy (non-hydrogen) atoms. The minimum Gasteiger partial charge on any atom is -0.307 e. The highest BCUT2D eigenvalue weighted by molar-refractivity contribution is 5.18. The Balaban J connectivity index is 1.86. The molecule has 2 rings (SSSR count). The van der Waals surface area contributed by atoms with Crippen molar-refractivity contribution < 1.29 is 0 Å². The summed E-state index contributed by atoms with van der Waals surface area (Å²) < 4.78 is 0. The number of hydrogen-bond donors (Lipinski definition) is 1. The van der Waals surface area contributed by atoms with Crippen molar-refractivity contribution >= 4 is 0 Å². The molecule has 1 aliphatic rings. The number of likely N-dealkylation sites (tertiary alicyclic amines) is 1. The van der Waals surface area contributed by atoms with Gasteiger partial charge < -0.3 is 10.2 Å². The molecule has 2 unspecified atom stereocenters. The maximum atomic E-state index is 3.81. The Bertz CT molecular complexity index is 361. The van der Waals surface area contributed by atoms with Crippen LogP contribution in [0.4, 0.5) is 0 Å². The molecule has 2 nitrogen and oxygen atoms in total. The van der Waals surface area contributed by atoms with Crippen LogP contribution in [0.25, 0.3) is 0 Å². The third-order valence-electron chi connectivity index (χ3n) is 4.28. The molecule has 1 N–H and O–H groups in total. The number of nitrogens with zero attached hydrogens (tertiary/aromatic N) is 1. The number of benzene rings is 1. The van der Waals surface area contributed by atoms with Gasteiger partial charge in [0, 0.05) is 18.1 Å². The van der Waals surface area contributed by atoms with Gasteiger partial charge in [-0.2, -0.15) is 0 Å². The van der Waals surface area contributed by atoms with Crippen molar-refractivity contribution in [1.82, 2.24) is 10.2 Å². The van der Waals surface area contributed by atoms with Crippen molar-refractivity contribution in [3.05, 3.63) is 35.9 Å². The predicted octanol–water partition coefficient (Wildman–Crippen LogP) is 3.60. The normalized spacial score (nSPS) is 23.3. The Labute approximate surface area is 118 Å². The highest BCUT2D eigenvalue weighted by Crippen LogP contribution is 2.18. The smallest absolute Gasteiger partial charge is 0.0294 e. The summed E-state index contributed by atoms with van der Waals surface area (Å²) in [5, 5.41) is 3.81. The molecule has 1 aromatic rings. The summed E-state index contributed by atoms with van der Waals surface area (Å²) in [7, 11) is 0. The minimum absolute atomic E-state index is 0.455. The summed E-state index contributed by atoms with van der Waals surface area (Å²) in [5.74, 6) is 0. The average Bonchev–Trinajstić information content (AvgIpc) is 2.65. The van der Waals surface area contributed by atoms with E-state index in [1.165, 1.54) is 37.9 Å². The van der Waals surface area contributed by atoms with Gasteiger partial charge in [0.15, 0.2) is 0 Å². The van der Waals surface area contributed by atoms with Gasteiger partial charge in [0.05, 0.1) is 0 Å². The Morgan fingerprint density at radius 2 is 1.79 bits per heavy atom. The van der Waals surface area contributed by atoms with E-state index in [0.717, 1.165) is 0 Å². The van der Waals surface area contributed by atoms with E-state index in [-0.39, 0.29) is 0 Å². The van der Waals surface area contributed by atoms with Gasteiger partial charge in [0.25, 0.3) is 0 Å². The fourth-order valence-corrected chi connectivity index (χ4v) is 2.99. The molecule has 0 radical (unpaired) electrons. The molecule has 0 spiro atoms. The molecule has 1 heterocycles. The molecular weight excluding hydrogens is 232 g/mol. The second-order valence-corrected chi connectivity index (χ2v) is 6.06. The summed E-state index contributed by atoms with van der Waals surface area (Å²) in [6, 6.07) is 12.6. The summed E-state index contributed by atoms with van der Waals surface area (Å²) in [4.78, 5) is 2.61. The Hall–Kier alpha value is -0.860. The van der Waals surface area contributed by atoms with Gasteiger partial charge in [-0.1, -0.05) is 30.3 Å². The third kappa shape index (κ3) is 4.32. The van der Waals surface area contributed by atoms with Crippen LogP contribution in [0.3, 0.4) is 0 Å². The Morgan fingerprint density at radius 3 is 2.47 bits per heavy atom. The van der Waals surface area contributed by atoms with E-state index in [1.807, 2.05) is 0 Å². The molecule has 0 amide bonds. The van der Waals surface area contributed by atoms with Gasteiger partial charge >= 0.3 is 0 Å². The van der Waals surface area contributed by atoms with Crippen LogP contribution in [0.5, 0.6) is 0 Å². The van der Waals surface area contributed by atoms with Crippen LogP contribution in [0.15, 0.2) is 30.3 Å². The minimum atomic E-state index is 0.455. The van der Waals surface area contributed by atoms with Crippen molar-refractivity contribution in [2.75, 3.05) is 13.1 Å². The fourth-order valence-electron chi connectivity index (χ4n) is 2.99. The van der Waals surface area contributed by atoms with Gasteiger partial charge in [0.1, 0.15) is 0 Å². The maximum absolute atomic E-state index is 3.81. The van der Waals surface area contributed by atoms with Crippen molar-refractivity contribution in [3.8, 4) is 0 Å². The molecule has 1 aliphatic heterocycles. The van der Waals surface area contributed by atoms with Crippen LogP contribution < -0.4 is 5.32 Å². The van der Waals surface area contributed by atoms with Gasteiger partial charge in [-0.25, -0.2) is 0 Å². The first-order chi connectivity index (χ1) is 9.16. The second-order valence-electron chi connectivity index (χ2n) is 6.06. The van der Waals surface area contributed by atoms with Gasteiger partial charge in [-0.05, 0) is 58.7 Å². The molecular formula is C17H28N2. The lowest BCUT2D eigenvalue weighted by molar-refractivity contribution is 0.228. The highest BCUT2D eigenvalue weighted by atomic mass is 15.1. The molecule has 1 saturated heterocycles. The van der Waals surface area contributed by atoms with Crippen LogP contribution in [-0.2, 0) is 0 Å². The van der Waals surface area contributed by atoms with Gasteiger partial charge in [0.2, 0.25) is 0 Å². The summed E-state index contributed by atoms with van der Waals surface area (Å²) in [5.41, 5.74) is 1.40. The summed E-state index contributed by atoms with van der Waals surface area (Å²) in [6.45, 7) is 9.38. The SMILES string of the molecule is CC(NC1CCCN(C(C)C)CC1)c1ccccc1. The number of nitrogens with one attached hydrogen (secondary N) is 1. The van der Waals surface area contributed by atoms with Crippen molar-refractivity contribution in [2.45, 2.75) is 58.2 Å². The average molecular weight is 260 g/mol. The van der Waals surface area contributed by atoms with Crippen LogP contribution >= 0.6 is 0 Å². The van der Waals surface area contributed by atoms with Gasteiger partial charge in [-0.3, -0.25) is 0 Å². The van der Waals surface area contributed by atoms with Crippen molar-refractivity contribution in [1.29, 1.82) is 0 Å². The zero-order valence-electron chi connectivity index (χ0n) is 12.6. The molecule has 0 aliphatic carbocycles. The first-order valence-electron chi connectivity index (χ1n) is 7.72. The van der Waals surface area contributed by atoms with E-state index in [0.29, 0.717) is 18.1 Å². The fraction of sp³-hybridized carbons (Fsp3) is 0.647. The van der Waals surface area contributed by atoms with Crippen LogP contribution in [-0.4, -0.2) is 30.1 Å². The monoisotopic (exact) mass is 260 g/mol. The van der Waals surface area contributed by atoms with E-state index in [4.69, 9.17) is 0 Å². The van der Waals surface area contributed by atoms with Crippen LogP contribution in [0, 0.1) is 0 Å². The zero-order valence-corrected chi connectivity index (χ0v) is 12.6. The number of hydrogen-bond acceptors (Lipinski definition) is 2. The highest BCUT2D eigenvalue weighted by Gasteiger charge is 2.19. The first-order valence-corrected chi connectivity index (χ1v) is 7.72.